The van der Waals surface area contributed by atoms with Crippen molar-refractivity contribution in [2.24, 2.45) is 0 Å². The van der Waals surface area contributed by atoms with Crippen LogP contribution in [0.4, 0.5) is 21.7 Å². The number of anilines is 3. The van der Waals surface area contributed by atoms with Crippen molar-refractivity contribution >= 4 is 17.3 Å². The number of nitrogens with zero attached hydrogens (tertiary/aromatic N) is 3. The fraction of sp³-hybridized carbons (Fsp3) is 0.333. The summed E-state index contributed by atoms with van der Waals surface area (Å²) in [5.74, 6) is 2.12. The number of halogens is 1. The van der Waals surface area contributed by atoms with E-state index in [9.17, 15) is 4.39 Å². The first kappa shape index (κ1) is 12.8. The zero-order chi connectivity index (χ0) is 14.1. The Labute approximate surface area is 117 Å². The SMILES string of the molecule is CCNc1cc(N2CCc3ccc(F)cc32)nc(C)n1. The minimum absolute atomic E-state index is 0.215. The first-order valence-corrected chi connectivity index (χ1v) is 6.83. The van der Waals surface area contributed by atoms with E-state index >= 15 is 0 Å². The van der Waals surface area contributed by atoms with Gasteiger partial charge in [0.25, 0.3) is 0 Å². The van der Waals surface area contributed by atoms with Crippen LogP contribution >= 0.6 is 0 Å². The summed E-state index contributed by atoms with van der Waals surface area (Å²) in [6.45, 7) is 5.52. The Kier molecular flexibility index (Phi) is 3.26. The molecular weight excluding hydrogens is 255 g/mol. The molecule has 2 aromatic rings. The maximum atomic E-state index is 13.5. The molecule has 0 unspecified atom stereocenters. The van der Waals surface area contributed by atoms with Gasteiger partial charge in [-0.2, -0.15) is 0 Å². The molecule has 1 aliphatic rings. The first-order chi connectivity index (χ1) is 9.67. The van der Waals surface area contributed by atoms with Crippen LogP contribution in [0.5, 0.6) is 0 Å². The lowest BCUT2D eigenvalue weighted by Gasteiger charge is -2.19. The lowest BCUT2D eigenvalue weighted by Crippen LogP contribution is -2.16. The molecule has 1 N–H and O–H groups in total. The minimum Gasteiger partial charge on any atom is -0.370 e. The van der Waals surface area contributed by atoms with Crippen molar-refractivity contribution in [3.05, 3.63) is 41.5 Å². The predicted molar refractivity (Wildman–Crippen MR) is 78.0 cm³/mol. The van der Waals surface area contributed by atoms with Crippen molar-refractivity contribution in [1.82, 2.24) is 9.97 Å². The van der Waals surface area contributed by atoms with Crippen LogP contribution < -0.4 is 10.2 Å². The molecule has 104 valence electrons. The van der Waals surface area contributed by atoms with E-state index in [1.165, 1.54) is 6.07 Å². The summed E-state index contributed by atoms with van der Waals surface area (Å²) in [6, 6.07) is 6.85. The van der Waals surface area contributed by atoms with Gasteiger partial charge in [0.2, 0.25) is 0 Å². The average Bonchev–Trinajstić information content (AvgIpc) is 2.81. The van der Waals surface area contributed by atoms with E-state index in [1.54, 1.807) is 6.07 Å². The molecule has 1 aromatic heterocycles. The van der Waals surface area contributed by atoms with E-state index in [2.05, 4.69) is 15.3 Å². The number of aryl methyl sites for hydroxylation is 1. The maximum absolute atomic E-state index is 13.5. The third-order valence-corrected chi connectivity index (χ3v) is 3.40. The fourth-order valence-corrected chi connectivity index (χ4v) is 2.55. The van der Waals surface area contributed by atoms with Crippen molar-refractivity contribution in [2.75, 3.05) is 23.3 Å². The van der Waals surface area contributed by atoms with Gasteiger partial charge in [0.1, 0.15) is 23.3 Å². The molecule has 0 saturated heterocycles. The summed E-state index contributed by atoms with van der Waals surface area (Å²) in [7, 11) is 0. The normalized spacial score (nSPS) is 13.4. The molecule has 0 atom stereocenters. The Balaban J connectivity index is 2.01. The molecule has 1 aromatic carbocycles. The van der Waals surface area contributed by atoms with E-state index < -0.39 is 0 Å². The highest BCUT2D eigenvalue weighted by atomic mass is 19.1. The zero-order valence-corrected chi connectivity index (χ0v) is 11.7. The molecular formula is C15H17FN4. The summed E-state index contributed by atoms with van der Waals surface area (Å²) in [5.41, 5.74) is 2.07. The molecule has 0 radical (unpaired) electrons. The van der Waals surface area contributed by atoms with Crippen LogP contribution in [-0.2, 0) is 6.42 Å². The van der Waals surface area contributed by atoms with Crippen LogP contribution in [0.3, 0.4) is 0 Å². The van der Waals surface area contributed by atoms with Gasteiger partial charge >= 0.3 is 0 Å². The first-order valence-electron chi connectivity index (χ1n) is 6.83. The van der Waals surface area contributed by atoms with Gasteiger partial charge in [-0.05, 0) is 38.0 Å². The van der Waals surface area contributed by atoms with E-state index in [-0.39, 0.29) is 5.82 Å². The van der Waals surface area contributed by atoms with Crippen molar-refractivity contribution in [3.8, 4) is 0 Å². The van der Waals surface area contributed by atoms with Crippen LogP contribution in [0, 0.1) is 12.7 Å². The van der Waals surface area contributed by atoms with Crippen molar-refractivity contribution in [2.45, 2.75) is 20.3 Å². The fourth-order valence-electron chi connectivity index (χ4n) is 2.55. The molecule has 4 nitrogen and oxygen atoms in total. The summed E-state index contributed by atoms with van der Waals surface area (Å²) in [4.78, 5) is 10.9. The third-order valence-electron chi connectivity index (χ3n) is 3.40. The molecule has 0 aliphatic carbocycles. The number of nitrogens with one attached hydrogen (secondary N) is 1. The smallest absolute Gasteiger partial charge is 0.138 e. The molecule has 0 fully saturated rings. The molecule has 20 heavy (non-hydrogen) atoms. The number of benzene rings is 1. The summed E-state index contributed by atoms with van der Waals surface area (Å²) in [5, 5.41) is 3.20. The molecule has 0 amide bonds. The molecule has 1 aliphatic heterocycles. The topological polar surface area (TPSA) is 41.0 Å². The Morgan fingerprint density at radius 3 is 2.95 bits per heavy atom. The minimum atomic E-state index is -0.215. The lowest BCUT2D eigenvalue weighted by atomic mass is 10.2. The van der Waals surface area contributed by atoms with Crippen LogP contribution in [0.2, 0.25) is 0 Å². The van der Waals surface area contributed by atoms with Gasteiger partial charge in [-0.25, -0.2) is 14.4 Å². The Hall–Kier alpha value is -2.17. The summed E-state index contributed by atoms with van der Waals surface area (Å²) < 4.78 is 13.5. The van der Waals surface area contributed by atoms with Crippen molar-refractivity contribution in [1.29, 1.82) is 0 Å². The van der Waals surface area contributed by atoms with Gasteiger partial charge in [-0.1, -0.05) is 6.07 Å². The maximum Gasteiger partial charge on any atom is 0.138 e. The predicted octanol–water partition coefficient (Wildman–Crippen LogP) is 3.05. The number of hydrogen-bond donors (Lipinski definition) is 1. The largest absolute Gasteiger partial charge is 0.370 e. The molecule has 2 heterocycles. The molecule has 0 bridgehead atoms. The Morgan fingerprint density at radius 1 is 1.30 bits per heavy atom. The number of rotatable bonds is 3. The zero-order valence-electron chi connectivity index (χ0n) is 11.7. The van der Waals surface area contributed by atoms with Gasteiger partial charge in [-0.15, -0.1) is 0 Å². The van der Waals surface area contributed by atoms with Crippen LogP contribution in [-0.4, -0.2) is 23.1 Å². The molecule has 0 saturated carbocycles. The number of hydrogen-bond acceptors (Lipinski definition) is 4. The lowest BCUT2D eigenvalue weighted by molar-refractivity contribution is 0.628. The van der Waals surface area contributed by atoms with Gasteiger partial charge in [0.05, 0.1) is 0 Å². The standard InChI is InChI=1S/C15H17FN4/c1-3-17-14-9-15(19-10(2)18-14)20-7-6-11-4-5-12(16)8-13(11)20/h4-5,8-9H,3,6-7H2,1-2H3,(H,17,18,19). The average molecular weight is 272 g/mol. The highest BCUT2D eigenvalue weighted by Crippen LogP contribution is 2.34. The Morgan fingerprint density at radius 2 is 2.15 bits per heavy atom. The van der Waals surface area contributed by atoms with E-state index in [0.717, 1.165) is 42.4 Å². The van der Waals surface area contributed by atoms with Gasteiger partial charge in [0, 0.05) is 24.8 Å². The highest BCUT2D eigenvalue weighted by molar-refractivity contribution is 5.69. The van der Waals surface area contributed by atoms with Gasteiger partial charge in [-0.3, -0.25) is 0 Å². The van der Waals surface area contributed by atoms with E-state index in [1.807, 2.05) is 30.9 Å². The second-order valence-electron chi connectivity index (χ2n) is 4.86. The van der Waals surface area contributed by atoms with Crippen LogP contribution in [0.1, 0.15) is 18.3 Å². The molecule has 5 heteroatoms. The number of aromatic nitrogens is 2. The van der Waals surface area contributed by atoms with Crippen molar-refractivity contribution in [3.63, 3.8) is 0 Å². The quantitative estimate of drug-likeness (QED) is 0.932. The van der Waals surface area contributed by atoms with Gasteiger partial charge in [0.15, 0.2) is 0 Å². The summed E-state index contributed by atoms with van der Waals surface area (Å²) in [6.07, 6.45) is 0.912. The van der Waals surface area contributed by atoms with E-state index in [0.29, 0.717) is 5.82 Å². The Bertz CT molecular complexity index is 642. The van der Waals surface area contributed by atoms with Crippen molar-refractivity contribution < 1.29 is 4.39 Å². The highest BCUT2D eigenvalue weighted by Gasteiger charge is 2.22. The monoisotopic (exact) mass is 272 g/mol. The molecule has 0 spiro atoms. The second kappa shape index (κ2) is 5.07. The number of fused-ring (bicyclic) bond motifs is 1. The van der Waals surface area contributed by atoms with Gasteiger partial charge < -0.3 is 10.2 Å². The van der Waals surface area contributed by atoms with Crippen LogP contribution in [0.25, 0.3) is 0 Å². The molecule has 3 rings (SSSR count). The third kappa shape index (κ3) is 2.31. The summed E-state index contributed by atoms with van der Waals surface area (Å²) >= 11 is 0. The second-order valence-corrected chi connectivity index (χ2v) is 4.86. The van der Waals surface area contributed by atoms with Crippen LogP contribution in [0.15, 0.2) is 24.3 Å². The van der Waals surface area contributed by atoms with E-state index in [4.69, 9.17) is 0 Å².